The van der Waals surface area contributed by atoms with Gasteiger partial charge in [-0.2, -0.15) is 0 Å². The Labute approximate surface area is 187 Å². The summed E-state index contributed by atoms with van der Waals surface area (Å²) in [6.45, 7) is 1.89. The molecule has 1 unspecified atom stereocenters. The van der Waals surface area contributed by atoms with Gasteiger partial charge in [-0.3, -0.25) is 9.59 Å². The van der Waals surface area contributed by atoms with Crippen molar-refractivity contribution in [2.75, 3.05) is 26.4 Å². The minimum absolute atomic E-state index is 0.0446. The Kier molecular flexibility index (Phi) is 5.64. The summed E-state index contributed by atoms with van der Waals surface area (Å²) in [5.41, 5.74) is 4.38. The molecular formula is C25H28N2O5. The normalized spacial score (nSPS) is 20.6. The number of phenolic OH excluding ortho intramolecular Hbond substituents is 1. The zero-order valence-electron chi connectivity index (χ0n) is 18.1. The predicted octanol–water partition coefficient (Wildman–Crippen LogP) is 2.36. The van der Waals surface area contributed by atoms with Crippen LogP contribution in [0, 0.1) is 5.92 Å². The van der Waals surface area contributed by atoms with Gasteiger partial charge in [-0.25, -0.2) is 0 Å². The van der Waals surface area contributed by atoms with E-state index < -0.39 is 0 Å². The summed E-state index contributed by atoms with van der Waals surface area (Å²) >= 11 is 0. The van der Waals surface area contributed by atoms with E-state index in [1.807, 2.05) is 17.0 Å². The molecule has 0 aliphatic carbocycles. The Morgan fingerprint density at radius 3 is 2.47 bits per heavy atom. The molecule has 5 rings (SSSR count). The van der Waals surface area contributed by atoms with Crippen LogP contribution in [0.3, 0.4) is 0 Å². The lowest BCUT2D eigenvalue weighted by molar-refractivity contribution is -0.135. The minimum Gasteiger partial charge on any atom is -0.508 e. The molecule has 2 aromatic carbocycles. The third-order valence-corrected chi connectivity index (χ3v) is 6.69. The Morgan fingerprint density at radius 1 is 0.969 bits per heavy atom. The maximum atomic E-state index is 13.2. The van der Waals surface area contributed by atoms with Crippen molar-refractivity contribution < 1.29 is 24.2 Å². The predicted molar refractivity (Wildman–Crippen MR) is 118 cm³/mol. The monoisotopic (exact) mass is 436 g/mol. The van der Waals surface area contributed by atoms with Crippen LogP contribution in [0.2, 0.25) is 0 Å². The number of rotatable bonds is 1. The van der Waals surface area contributed by atoms with E-state index in [4.69, 9.17) is 9.47 Å². The third-order valence-electron chi connectivity index (χ3n) is 6.69. The number of hydrogen-bond donors (Lipinski definition) is 2. The molecule has 0 saturated carbocycles. The van der Waals surface area contributed by atoms with Crippen molar-refractivity contribution in [3.8, 4) is 17.2 Å². The van der Waals surface area contributed by atoms with E-state index in [9.17, 15) is 14.7 Å². The smallest absolute Gasteiger partial charge is 0.231 e. The summed E-state index contributed by atoms with van der Waals surface area (Å²) in [7, 11) is 0. The molecule has 1 atom stereocenters. The molecule has 168 valence electrons. The van der Waals surface area contributed by atoms with Crippen molar-refractivity contribution >= 4 is 11.8 Å². The molecule has 2 N–H and O–H groups in total. The van der Waals surface area contributed by atoms with E-state index >= 15 is 0 Å². The van der Waals surface area contributed by atoms with E-state index in [-0.39, 0.29) is 30.9 Å². The lowest BCUT2D eigenvalue weighted by Gasteiger charge is -2.25. The first-order chi connectivity index (χ1) is 15.6. The molecule has 2 amide bonds. The molecule has 7 nitrogen and oxygen atoms in total. The van der Waals surface area contributed by atoms with Crippen LogP contribution in [0.5, 0.6) is 17.2 Å². The quantitative estimate of drug-likeness (QED) is 0.717. The number of amides is 2. The molecule has 3 aliphatic heterocycles. The molecule has 0 spiro atoms. The lowest BCUT2D eigenvalue weighted by atomic mass is 9.95. The van der Waals surface area contributed by atoms with Gasteiger partial charge >= 0.3 is 0 Å². The summed E-state index contributed by atoms with van der Waals surface area (Å²) in [5, 5.41) is 13.2. The summed E-state index contributed by atoms with van der Waals surface area (Å²) in [6, 6.07) is 9.82. The Bertz CT molecular complexity index is 1050. The van der Waals surface area contributed by atoms with E-state index in [0.29, 0.717) is 25.4 Å². The number of nitrogens with one attached hydrogen (secondary N) is 1. The first kappa shape index (κ1) is 20.7. The Balaban J connectivity index is 1.44. The van der Waals surface area contributed by atoms with Gasteiger partial charge in [0.2, 0.25) is 18.6 Å². The number of carbonyl (C=O) groups is 2. The first-order valence-electron chi connectivity index (χ1n) is 11.3. The second kappa shape index (κ2) is 8.73. The molecule has 0 aromatic heterocycles. The van der Waals surface area contributed by atoms with Gasteiger partial charge in [-0.1, -0.05) is 12.1 Å². The van der Waals surface area contributed by atoms with Gasteiger partial charge in [0.25, 0.3) is 0 Å². The average molecular weight is 437 g/mol. The van der Waals surface area contributed by atoms with E-state index in [1.165, 1.54) is 11.1 Å². The number of nitrogens with zero attached hydrogens (tertiary/aromatic N) is 1. The van der Waals surface area contributed by atoms with Crippen LogP contribution in [0.1, 0.15) is 35.1 Å². The van der Waals surface area contributed by atoms with Crippen LogP contribution in [-0.2, 0) is 35.3 Å². The van der Waals surface area contributed by atoms with Crippen LogP contribution < -0.4 is 14.8 Å². The molecule has 3 aliphatic rings. The van der Waals surface area contributed by atoms with Gasteiger partial charge in [0.1, 0.15) is 5.75 Å². The SMILES string of the molecule is O=C1CC(C(=O)N2CCCc3cc4c(cc3CCc3cc(ccc3O)CC2)OCO4)CN1. The number of carbonyl (C=O) groups excluding carboxylic acids is 2. The zero-order chi connectivity index (χ0) is 22.1. The fourth-order valence-electron chi connectivity index (χ4n) is 4.85. The van der Waals surface area contributed by atoms with Gasteiger partial charge in [0.05, 0.1) is 5.92 Å². The van der Waals surface area contributed by atoms with Gasteiger partial charge < -0.3 is 24.8 Å². The lowest BCUT2D eigenvalue weighted by Crippen LogP contribution is -2.39. The van der Waals surface area contributed by atoms with E-state index in [0.717, 1.165) is 54.7 Å². The van der Waals surface area contributed by atoms with E-state index in [1.54, 1.807) is 6.07 Å². The van der Waals surface area contributed by atoms with E-state index in [2.05, 4.69) is 17.4 Å². The van der Waals surface area contributed by atoms with Crippen LogP contribution in [0.4, 0.5) is 0 Å². The summed E-state index contributed by atoms with van der Waals surface area (Å²) in [5.74, 6) is 1.54. The second-order valence-corrected chi connectivity index (χ2v) is 8.82. The molecule has 7 heteroatoms. The summed E-state index contributed by atoms with van der Waals surface area (Å²) in [4.78, 5) is 26.7. The standard InChI is InChI=1S/C25H28N2O5/c28-21-6-3-16-7-9-27(25(30)20-13-24(29)26-14-20)8-1-2-17-11-22-23(32-15-31-22)12-18(17)4-5-19(21)10-16/h3,6,10-12,20,28H,1-2,4-5,7-9,13-15H2,(H,26,29). The highest BCUT2D eigenvalue weighted by Crippen LogP contribution is 2.36. The third kappa shape index (κ3) is 4.24. The summed E-state index contributed by atoms with van der Waals surface area (Å²) in [6.07, 6.45) is 4.16. The highest BCUT2D eigenvalue weighted by Gasteiger charge is 2.31. The van der Waals surface area contributed by atoms with Crippen molar-refractivity contribution in [2.45, 2.75) is 38.5 Å². The number of hydrogen-bond acceptors (Lipinski definition) is 5. The largest absolute Gasteiger partial charge is 0.508 e. The number of aromatic hydroxyl groups is 1. The molecule has 1 fully saturated rings. The van der Waals surface area contributed by atoms with Crippen molar-refractivity contribution in [2.24, 2.45) is 5.92 Å². The van der Waals surface area contributed by atoms with Crippen molar-refractivity contribution in [3.63, 3.8) is 0 Å². The fraction of sp³-hybridized carbons (Fsp3) is 0.440. The number of aryl methyl sites for hydroxylation is 3. The van der Waals surface area contributed by atoms with Gasteiger partial charge in [0, 0.05) is 26.1 Å². The van der Waals surface area contributed by atoms with Crippen LogP contribution in [0.15, 0.2) is 30.3 Å². The van der Waals surface area contributed by atoms with Crippen LogP contribution >= 0.6 is 0 Å². The maximum absolute atomic E-state index is 13.2. The molecule has 1 saturated heterocycles. The molecule has 2 bridgehead atoms. The second-order valence-electron chi connectivity index (χ2n) is 8.82. The van der Waals surface area contributed by atoms with Crippen LogP contribution in [-0.4, -0.2) is 48.2 Å². The highest BCUT2D eigenvalue weighted by molar-refractivity contribution is 5.89. The van der Waals surface area contributed by atoms with Crippen LogP contribution in [0.25, 0.3) is 0 Å². The van der Waals surface area contributed by atoms with Gasteiger partial charge in [-0.15, -0.1) is 0 Å². The van der Waals surface area contributed by atoms with Crippen molar-refractivity contribution in [1.29, 1.82) is 0 Å². The molecule has 2 aromatic rings. The number of benzene rings is 2. The van der Waals surface area contributed by atoms with Gasteiger partial charge in [0.15, 0.2) is 11.5 Å². The fourth-order valence-corrected chi connectivity index (χ4v) is 4.85. The maximum Gasteiger partial charge on any atom is 0.231 e. The molecule has 32 heavy (non-hydrogen) atoms. The molecule has 0 radical (unpaired) electrons. The summed E-state index contributed by atoms with van der Waals surface area (Å²) < 4.78 is 11.2. The molecule has 3 heterocycles. The van der Waals surface area contributed by atoms with Crippen molar-refractivity contribution in [1.82, 2.24) is 10.2 Å². The minimum atomic E-state index is -0.283. The Morgan fingerprint density at radius 2 is 1.72 bits per heavy atom. The van der Waals surface area contributed by atoms with Crippen molar-refractivity contribution in [3.05, 3.63) is 52.6 Å². The Hall–Kier alpha value is -3.22. The number of phenols is 1. The first-order valence-corrected chi connectivity index (χ1v) is 11.3. The number of fused-ring (bicyclic) bond motifs is 4. The number of ether oxygens (including phenoxy) is 2. The zero-order valence-corrected chi connectivity index (χ0v) is 18.1. The average Bonchev–Trinajstić information content (AvgIpc) is 3.43. The van der Waals surface area contributed by atoms with Gasteiger partial charge in [-0.05, 0) is 72.6 Å². The molecular weight excluding hydrogens is 408 g/mol. The topological polar surface area (TPSA) is 88.1 Å². The highest BCUT2D eigenvalue weighted by atomic mass is 16.7.